The van der Waals surface area contributed by atoms with Crippen molar-refractivity contribution >= 4 is 0 Å². The molecule has 1 spiro atoms. The summed E-state index contributed by atoms with van der Waals surface area (Å²) in [5, 5.41) is 21.2. The molecule has 1 saturated heterocycles. The van der Waals surface area contributed by atoms with Crippen molar-refractivity contribution in [1.82, 2.24) is 0 Å². The van der Waals surface area contributed by atoms with Crippen molar-refractivity contribution in [2.45, 2.75) is 51.6 Å². The first-order valence-electron chi connectivity index (χ1n) is 7.56. The molecular weight excluding hydrogens is 256 g/mol. The van der Waals surface area contributed by atoms with Crippen LogP contribution in [-0.4, -0.2) is 42.4 Å². The van der Waals surface area contributed by atoms with Crippen molar-refractivity contribution in [3.05, 3.63) is 12.2 Å². The zero-order valence-corrected chi connectivity index (χ0v) is 12.6. The number of fused-ring (bicyclic) bond motifs is 1. The third-order valence-corrected chi connectivity index (χ3v) is 6.49. The minimum atomic E-state index is -0.526. The number of ether oxygens (including phenoxy) is 2. The average molecular weight is 282 g/mol. The standard InChI is InChI=1S/C16H26O4/c1-9-5-12(17)6-11-7-16(13(18)15(9,11)3)10(2)8-20-14(16)19-4/h9,11-14,17-18H,2,5-8H2,1,3-4H3/t9-,11+,12+,13-,14-,15+,16-/m1/s1. The topological polar surface area (TPSA) is 58.9 Å². The van der Waals surface area contributed by atoms with Crippen LogP contribution in [0.2, 0.25) is 0 Å². The first-order chi connectivity index (χ1) is 9.37. The molecule has 20 heavy (non-hydrogen) atoms. The molecule has 0 bridgehead atoms. The van der Waals surface area contributed by atoms with E-state index in [2.05, 4.69) is 20.4 Å². The van der Waals surface area contributed by atoms with E-state index in [0.717, 1.165) is 24.8 Å². The molecule has 3 rings (SSSR count). The highest BCUT2D eigenvalue weighted by molar-refractivity contribution is 5.27. The molecule has 0 aromatic rings. The minimum absolute atomic E-state index is 0.202. The lowest BCUT2D eigenvalue weighted by Gasteiger charge is -2.47. The molecule has 0 radical (unpaired) electrons. The van der Waals surface area contributed by atoms with Crippen LogP contribution in [0.4, 0.5) is 0 Å². The van der Waals surface area contributed by atoms with Crippen molar-refractivity contribution in [1.29, 1.82) is 0 Å². The van der Waals surface area contributed by atoms with E-state index < -0.39 is 17.8 Å². The molecule has 0 aromatic carbocycles. The van der Waals surface area contributed by atoms with E-state index in [0.29, 0.717) is 6.61 Å². The summed E-state index contributed by atoms with van der Waals surface area (Å²) in [5.74, 6) is 0.559. The number of aliphatic hydroxyl groups is 2. The van der Waals surface area contributed by atoms with E-state index in [1.807, 2.05) is 0 Å². The molecular formula is C16H26O4. The quantitative estimate of drug-likeness (QED) is 0.719. The fourth-order valence-corrected chi connectivity index (χ4v) is 5.08. The van der Waals surface area contributed by atoms with Crippen LogP contribution in [0.25, 0.3) is 0 Å². The summed E-state index contributed by atoms with van der Waals surface area (Å²) in [6.45, 7) is 8.89. The Bertz CT molecular complexity index is 423. The molecule has 114 valence electrons. The zero-order valence-electron chi connectivity index (χ0n) is 12.6. The number of hydrogen-bond acceptors (Lipinski definition) is 4. The fraction of sp³-hybridized carbons (Fsp3) is 0.875. The highest BCUT2D eigenvalue weighted by atomic mass is 16.7. The van der Waals surface area contributed by atoms with E-state index in [1.54, 1.807) is 7.11 Å². The number of rotatable bonds is 1. The second kappa shape index (κ2) is 4.54. The van der Waals surface area contributed by atoms with Gasteiger partial charge in [-0.1, -0.05) is 20.4 Å². The van der Waals surface area contributed by atoms with Crippen LogP contribution in [0.5, 0.6) is 0 Å². The molecule has 3 fully saturated rings. The smallest absolute Gasteiger partial charge is 0.169 e. The van der Waals surface area contributed by atoms with Gasteiger partial charge in [-0.25, -0.2) is 0 Å². The predicted octanol–water partition coefficient (Wildman–Crippen LogP) is 1.71. The van der Waals surface area contributed by atoms with Crippen molar-refractivity contribution in [3.63, 3.8) is 0 Å². The van der Waals surface area contributed by atoms with Gasteiger partial charge in [0.15, 0.2) is 6.29 Å². The van der Waals surface area contributed by atoms with Crippen molar-refractivity contribution in [3.8, 4) is 0 Å². The van der Waals surface area contributed by atoms with Crippen LogP contribution in [0.3, 0.4) is 0 Å². The Balaban J connectivity index is 2.03. The maximum absolute atomic E-state index is 11.2. The molecule has 2 N–H and O–H groups in total. The van der Waals surface area contributed by atoms with Crippen LogP contribution in [0.1, 0.15) is 33.1 Å². The first kappa shape index (κ1) is 14.5. The van der Waals surface area contributed by atoms with Gasteiger partial charge in [-0.3, -0.25) is 0 Å². The molecule has 7 atom stereocenters. The van der Waals surface area contributed by atoms with Gasteiger partial charge in [0.05, 0.1) is 24.2 Å². The Kier molecular flexibility index (Phi) is 3.29. The summed E-state index contributed by atoms with van der Waals surface area (Å²) in [5.41, 5.74) is 0.230. The Morgan fingerprint density at radius 2 is 2.05 bits per heavy atom. The molecule has 3 aliphatic rings. The summed E-state index contributed by atoms with van der Waals surface area (Å²) in [4.78, 5) is 0. The summed E-state index contributed by atoms with van der Waals surface area (Å²) in [6.07, 6.45) is 1.10. The normalized spacial score (nSPS) is 55.5. The lowest BCUT2D eigenvalue weighted by atomic mass is 9.61. The number of aliphatic hydroxyl groups excluding tert-OH is 2. The second-order valence-corrected chi connectivity index (χ2v) is 7.22. The maximum Gasteiger partial charge on any atom is 0.169 e. The maximum atomic E-state index is 11.2. The lowest BCUT2D eigenvalue weighted by Crippen LogP contribution is -2.50. The third-order valence-electron chi connectivity index (χ3n) is 6.49. The van der Waals surface area contributed by atoms with Crippen LogP contribution >= 0.6 is 0 Å². The summed E-state index contributed by atoms with van der Waals surface area (Å²) in [6, 6.07) is 0. The van der Waals surface area contributed by atoms with Crippen LogP contribution in [-0.2, 0) is 9.47 Å². The van der Waals surface area contributed by atoms with E-state index >= 15 is 0 Å². The van der Waals surface area contributed by atoms with E-state index in [-0.39, 0.29) is 23.4 Å². The lowest BCUT2D eigenvalue weighted by molar-refractivity contribution is -0.175. The molecule has 0 amide bonds. The molecule has 1 aliphatic heterocycles. The molecule has 2 aliphatic carbocycles. The Morgan fingerprint density at radius 1 is 1.35 bits per heavy atom. The summed E-state index contributed by atoms with van der Waals surface area (Å²) < 4.78 is 11.2. The minimum Gasteiger partial charge on any atom is -0.393 e. The Morgan fingerprint density at radius 3 is 2.70 bits per heavy atom. The molecule has 4 heteroatoms. The fourth-order valence-electron chi connectivity index (χ4n) is 5.08. The SMILES string of the molecule is C=C1CO[C@@H](OC)[C@]12C[C@@H]1C[C@@H](O)C[C@@H](C)[C@]1(C)[C@H]2O. The van der Waals surface area contributed by atoms with E-state index in [4.69, 9.17) is 9.47 Å². The van der Waals surface area contributed by atoms with Crippen molar-refractivity contribution < 1.29 is 19.7 Å². The first-order valence-corrected chi connectivity index (χ1v) is 7.56. The molecule has 0 aromatic heterocycles. The van der Waals surface area contributed by atoms with Gasteiger partial charge in [0.1, 0.15) is 0 Å². The van der Waals surface area contributed by atoms with Gasteiger partial charge in [-0.15, -0.1) is 0 Å². The van der Waals surface area contributed by atoms with E-state index in [1.165, 1.54) is 0 Å². The Labute approximate surface area is 120 Å². The predicted molar refractivity (Wildman–Crippen MR) is 74.9 cm³/mol. The Hall–Kier alpha value is -0.420. The van der Waals surface area contributed by atoms with Crippen LogP contribution in [0, 0.1) is 22.7 Å². The zero-order chi connectivity index (χ0) is 14.7. The van der Waals surface area contributed by atoms with Gasteiger partial charge in [0, 0.05) is 12.5 Å². The average Bonchev–Trinajstić information content (AvgIpc) is 2.82. The van der Waals surface area contributed by atoms with E-state index in [9.17, 15) is 10.2 Å². The summed E-state index contributed by atoms with van der Waals surface area (Å²) in [7, 11) is 1.63. The van der Waals surface area contributed by atoms with Crippen LogP contribution in [0.15, 0.2) is 12.2 Å². The number of hydrogen-bond donors (Lipinski definition) is 2. The van der Waals surface area contributed by atoms with Gasteiger partial charge < -0.3 is 19.7 Å². The monoisotopic (exact) mass is 282 g/mol. The second-order valence-electron chi connectivity index (χ2n) is 7.22. The largest absolute Gasteiger partial charge is 0.393 e. The van der Waals surface area contributed by atoms with Gasteiger partial charge in [-0.2, -0.15) is 0 Å². The summed E-state index contributed by atoms with van der Waals surface area (Å²) >= 11 is 0. The van der Waals surface area contributed by atoms with Gasteiger partial charge in [0.25, 0.3) is 0 Å². The van der Waals surface area contributed by atoms with Crippen molar-refractivity contribution in [2.24, 2.45) is 22.7 Å². The highest BCUT2D eigenvalue weighted by Crippen LogP contribution is 2.66. The molecule has 2 saturated carbocycles. The van der Waals surface area contributed by atoms with Gasteiger partial charge in [0.2, 0.25) is 0 Å². The van der Waals surface area contributed by atoms with Gasteiger partial charge >= 0.3 is 0 Å². The molecule has 1 heterocycles. The van der Waals surface area contributed by atoms with Gasteiger partial charge in [-0.05, 0) is 36.7 Å². The van der Waals surface area contributed by atoms with Crippen molar-refractivity contribution in [2.75, 3.05) is 13.7 Å². The number of methoxy groups -OCH3 is 1. The molecule has 4 nitrogen and oxygen atoms in total. The van der Waals surface area contributed by atoms with Crippen LogP contribution < -0.4 is 0 Å². The third kappa shape index (κ3) is 1.56. The molecule has 0 unspecified atom stereocenters. The highest BCUT2D eigenvalue weighted by Gasteiger charge is 2.68.